The van der Waals surface area contributed by atoms with Crippen LogP contribution in [0.15, 0.2) is 47.6 Å². The van der Waals surface area contributed by atoms with E-state index in [1.807, 2.05) is 0 Å². The number of nitrogens with zero attached hydrogens (tertiary/aromatic N) is 1. The number of halogens is 1. The predicted octanol–water partition coefficient (Wildman–Crippen LogP) is 2.62. The number of hydrogen-bond donors (Lipinski definition) is 2. The van der Waals surface area contributed by atoms with Gasteiger partial charge in [-0.05, 0) is 42.8 Å². The van der Waals surface area contributed by atoms with Crippen LogP contribution in [0.4, 0.5) is 4.39 Å². The first kappa shape index (κ1) is 16.5. The van der Waals surface area contributed by atoms with E-state index in [0.717, 1.165) is 0 Å². The minimum absolute atomic E-state index is 0.0415. The zero-order valence-corrected chi connectivity index (χ0v) is 12.8. The van der Waals surface area contributed by atoms with Crippen molar-refractivity contribution in [3.8, 4) is 11.5 Å². The fourth-order valence-corrected chi connectivity index (χ4v) is 1.97. The second-order valence-electron chi connectivity index (χ2n) is 4.92. The highest BCUT2D eigenvalue weighted by Crippen LogP contribution is 2.23. The van der Waals surface area contributed by atoms with E-state index >= 15 is 0 Å². The molecule has 0 aliphatic heterocycles. The molecule has 0 atom stereocenters. The molecule has 1 amide bonds. The van der Waals surface area contributed by atoms with Gasteiger partial charge in [-0.25, -0.2) is 9.82 Å². The quantitative estimate of drug-likeness (QED) is 0.658. The monoisotopic (exact) mass is 316 g/mol. The molecule has 0 spiro atoms. The van der Waals surface area contributed by atoms with Crippen LogP contribution in [0.25, 0.3) is 0 Å². The van der Waals surface area contributed by atoms with Crippen LogP contribution in [0.5, 0.6) is 11.5 Å². The van der Waals surface area contributed by atoms with Crippen molar-refractivity contribution in [2.75, 3.05) is 7.11 Å². The van der Waals surface area contributed by atoms with Gasteiger partial charge in [-0.15, -0.1) is 0 Å². The fraction of sp³-hybridized carbons (Fsp3) is 0.176. The van der Waals surface area contributed by atoms with Gasteiger partial charge in [0, 0.05) is 5.56 Å². The molecule has 0 saturated heterocycles. The number of benzene rings is 2. The molecular weight excluding hydrogens is 299 g/mol. The smallest absolute Gasteiger partial charge is 0.244 e. The lowest BCUT2D eigenvalue weighted by molar-refractivity contribution is -0.120. The Balaban J connectivity index is 2.04. The highest BCUT2D eigenvalue weighted by molar-refractivity contribution is 6.01. The van der Waals surface area contributed by atoms with Gasteiger partial charge in [-0.1, -0.05) is 12.1 Å². The zero-order chi connectivity index (χ0) is 16.8. The molecule has 0 radical (unpaired) electrons. The Morgan fingerprint density at radius 2 is 1.96 bits per heavy atom. The van der Waals surface area contributed by atoms with Gasteiger partial charge in [0.15, 0.2) is 0 Å². The second-order valence-corrected chi connectivity index (χ2v) is 4.92. The lowest BCUT2D eigenvalue weighted by atomic mass is 10.1. The summed E-state index contributed by atoms with van der Waals surface area (Å²) in [6.07, 6.45) is 0.0845. The average molecular weight is 316 g/mol. The molecule has 2 rings (SSSR count). The Labute approximate surface area is 133 Å². The highest BCUT2D eigenvalue weighted by Gasteiger charge is 2.08. The lowest BCUT2D eigenvalue weighted by Crippen LogP contribution is -2.21. The number of phenols is 1. The number of amides is 1. The molecule has 0 saturated carbocycles. The maximum Gasteiger partial charge on any atom is 0.244 e. The van der Waals surface area contributed by atoms with Crippen LogP contribution in [0.3, 0.4) is 0 Å². The standard InChI is InChI=1S/C17H17FN2O3/c1-11(15-10-14(23-2)7-8-16(15)21)19-20-17(22)9-12-3-5-13(18)6-4-12/h3-8,10,21H,9H2,1-2H3,(H,20,22)/b19-11+. The van der Waals surface area contributed by atoms with Gasteiger partial charge >= 0.3 is 0 Å². The number of ether oxygens (including phenoxy) is 1. The van der Waals surface area contributed by atoms with Gasteiger partial charge in [-0.2, -0.15) is 5.10 Å². The number of aromatic hydroxyl groups is 1. The molecule has 120 valence electrons. The summed E-state index contributed by atoms with van der Waals surface area (Å²) in [6.45, 7) is 1.66. The van der Waals surface area contributed by atoms with Crippen molar-refractivity contribution < 1.29 is 19.0 Å². The van der Waals surface area contributed by atoms with Crippen LogP contribution in [0, 0.1) is 5.82 Å². The summed E-state index contributed by atoms with van der Waals surface area (Å²) in [5, 5.41) is 13.8. The molecule has 0 aliphatic carbocycles. The first-order valence-corrected chi connectivity index (χ1v) is 6.94. The second kappa shape index (κ2) is 7.40. The summed E-state index contributed by atoms with van der Waals surface area (Å²) >= 11 is 0. The largest absolute Gasteiger partial charge is 0.507 e. The number of carbonyl (C=O) groups is 1. The van der Waals surface area contributed by atoms with E-state index in [1.165, 1.54) is 25.3 Å². The molecule has 23 heavy (non-hydrogen) atoms. The predicted molar refractivity (Wildman–Crippen MR) is 85.1 cm³/mol. The summed E-state index contributed by atoms with van der Waals surface area (Å²) in [5.74, 6) is -0.0697. The third-order valence-corrected chi connectivity index (χ3v) is 3.22. The highest BCUT2D eigenvalue weighted by atomic mass is 19.1. The van der Waals surface area contributed by atoms with Crippen LogP contribution in [-0.2, 0) is 11.2 Å². The minimum Gasteiger partial charge on any atom is -0.507 e. The molecule has 0 fully saturated rings. The third-order valence-electron chi connectivity index (χ3n) is 3.22. The topological polar surface area (TPSA) is 70.9 Å². The summed E-state index contributed by atoms with van der Waals surface area (Å²) < 4.78 is 17.9. The summed E-state index contributed by atoms with van der Waals surface area (Å²) in [4.78, 5) is 11.8. The van der Waals surface area contributed by atoms with E-state index in [0.29, 0.717) is 22.6 Å². The van der Waals surface area contributed by atoms with Crippen LogP contribution in [0.2, 0.25) is 0 Å². The van der Waals surface area contributed by atoms with Crippen molar-refractivity contribution in [1.82, 2.24) is 5.43 Å². The molecule has 5 nitrogen and oxygen atoms in total. The normalized spacial score (nSPS) is 11.2. The van der Waals surface area contributed by atoms with Gasteiger partial charge < -0.3 is 9.84 Å². The Morgan fingerprint density at radius 3 is 2.61 bits per heavy atom. The molecule has 0 heterocycles. The summed E-state index contributed by atoms with van der Waals surface area (Å²) in [5.41, 5.74) is 4.00. The van der Waals surface area contributed by atoms with E-state index in [2.05, 4.69) is 10.5 Å². The lowest BCUT2D eigenvalue weighted by Gasteiger charge is -2.07. The van der Waals surface area contributed by atoms with Crippen molar-refractivity contribution in [3.63, 3.8) is 0 Å². The molecule has 0 bridgehead atoms. The fourth-order valence-electron chi connectivity index (χ4n) is 1.97. The van der Waals surface area contributed by atoms with Gasteiger partial charge in [-0.3, -0.25) is 4.79 Å². The van der Waals surface area contributed by atoms with Gasteiger partial charge in [0.2, 0.25) is 5.91 Å². The summed E-state index contributed by atoms with van der Waals surface area (Å²) in [7, 11) is 1.52. The summed E-state index contributed by atoms with van der Waals surface area (Å²) in [6, 6.07) is 10.4. The molecule has 2 N–H and O–H groups in total. The Kier molecular flexibility index (Phi) is 5.30. The van der Waals surface area contributed by atoms with Crippen molar-refractivity contribution in [2.45, 2.75) is 13.3 Å². The third kappa shape index (κ3) is 4.54. The number of carbonyl (C=O) groups excluding carboxylic acids is 1. The Bertz CT molecular complexity index is 727. The van der Waals surface area contributed by atoms with E-state index in [-0.39, 0.29) is 23.9 Å². The van der Waals surface area contributed by atoms with Gasteiger partial charge in [0.05, 0.1) is 19.2 Å². The first-order chi connectivity index (χ1) is 11.0. The van der Waals surface area contributed by atoms with E-state index in [4.69, 9.17) is 4.74 Å². The number of methoxy groups -OCH3 is 1. The number of hydrazone groups is 1. The van der Waals surface area contributed by atoms with Crippen molar-refractivity contribution in [3.05, 3.63) is 59.4 Å². The SMILES string of the molecule is COc1ccc(O)c(/C(C)=N/NC(=O)Cc2ccc(F)cc2)c1. The van der Waals surface area contributed by atoms with Gasteiger partial charge in [0.1, 0.15) is 17.3 Å². The number of phenolic OH excluding ortho intramolecular Hbond substituents is 1. The molecule has 0 unspecified atom stereocenters. The molecule has 0 aromatic heterocycles. The Hall–Kier alpha value is -2.89. The minimum atomic E-state index is -0.350. The van der Waals surface area contributed by atoms with Gasteiger partial charge in [0.25, 0.3) is 0 Å². The van der Waals surface area contributed by atoms with Crippen molar-refractivity contribution in [1.29, 1.82) is 0 Å². The number of nitrogens with one attached hydrogen (secondary N) is 1. The maximum absolute atomic E-state index is 12.8. The van der Waals surface area contributed by atoms with Crippen LogP contribution in [0.1, 0.15) is 18.1 Å². The number of rotatable bonds is 5. The van der Waals surface area contributed by atoms with E-state index in [1.54, 1.807) is 31.2 Å². The Morgan fingerprint density at radius 1 is 1.26 bits per heavy atom. The molecule has 2 aromatic carbocycles. The average Bonchev–Trinajstić information content (AvgIpc) is 2.55. The van der Waals surface area contributed by atoms with Crippen LogP contribution >= 0.6 is 0 Å². The molecule has 6 heteroatoms. The van der Waals surface area contributed by atoms with E-state index < -0.39 is 0 Å². The zero-order valence-electron chi connectivity index (χ0n) is 12.8. The molecular formula is C17H17FN2O3. The first-order valence-electron chi connectivity index (χ1n) is 6.94. The van der Waals surface area contributed by atoms with Crippen molar-refractivity contribution >= 4 is 11.6 Å². The van der Waals surface area contributed by atoms with E-state index in [9.17, 15) is 14.3 Å². The number of hydrogen-bond acceptors (Lipinski definition) is 4. The van der Waals surface area contributed by atoms with Crippen molar-refractivity contribution in [2.24, 2.45) is 5.10 Å². The molecule has 2 aromatic rings. The maximum atomic E-state index is 12.8. The van der Waals surface area contributed by atoms with Crippen LogP contribution in [-0.4, -0.2) is 23.8 Å². The molecule has 0 aliphatic rings. The van der Waals surface area contributed by atoms with Crippen LogP contribution < -0.4 is 10.2 Å².